The molecule has 4 rings (SSSR count). The maximum absolute atomic E-state index is 13.3. The van der Waals surface area contributed by atoms with Gasteiger partial charge in [-0.05, 0) is 59.3 Å². The molecule has 0 aliphatic carbocycles. The number of nitro benzene ring substituents is 1. The minimum Gasteiger partial charge on any atom is -0.296 e. The number of nitrogens with zero attached hydrogens (tertiary/aromatic N) is 4. The lowest BCUT2D eigenvalue weighted by Gasteiger charge is -2.33. The van der Waals surface area contributed by atoms with Gasteiger partial charge < -0.3 is 0 Å². The van der Waals surface area contributed by atoms with Gasteiger partial charge in [0.25, 0.3) is 11.6 Å². The number of thiophene rings is 1. The highest BCUT2D eigenvalue weighted by Gasteiger charge is 2.34. The Morgan fingerprint density at radius 2 is 1.96 bits per heavy atom. The van der Waals surface area contributed by atoms with Crippen LogP contribution in [0.4, 0.5) is 17.2 Å². The Kier molecular flexibility index (Phi) is 4.78. The van der Waals surface area contributed by atoms with Crippen LogP contribution < -0.4 is 4.90 Å². The predicted molar refractivity (Wildman–Crippen MR) is 112 cm³/mol. The van der Waals surface area contributed by atoms with E-state index in [0.717, 1.165) is 14.4 Å². The molecule has 2 aromatic heterocycles. The van der Waals surface area contributed by atoms with Gasteiger partial charge in [-0.3, -0.25) is 19.8 Å². The van der Waals surface area contributed by atoms with Gasteiger partial charge in [-0.15, -0.1) is 11.3 Å². The number of carbonyl (C=O) groups excluding carboxylic acids is 1. The van der Waals surface area contributed by atoms with Crippen molar-refractivity contribution in [1.29, 1.82) is 0 Å². The van der Waals surface area contributed by atoms with Crippen molar-refractivity contribution in [2.75, 3.05) is 4.90 Å². The fourth-order valence-corrected chi connectivity index (χ4v) is 4.52. The number of halogens is 1. The van der Waals surface area contributed by atoms with Gasteiger partial charge in [0.05, 0.1) is 31.0 Å². The molecule has 0 saturated heterocycles. The van der Waals surface area contributed by atoms with Gasteiger partial charge >= 0.3 is 0 Å². The Balaban J connectivity index is 1.78. The number of pyridine rings is 1. The second kappa shape index (κ2) is 7.25. The van der Waals surface area contributed by atoms with Gasteiger partial charge in [-0.1, -0.05) is 0 Å². The number of carbonyl (C=O) groups is 1. The molecule has 0 bridgehead atoms. The SMILES string of the molecule is C[C@@H]1C(c2ccc(Br)s2)=Nc2ncccc2N1C(=O)c1ccc([N+](=O)[O-])cc1. The average Bonchev–Trinajstić information content (AvgIpc) is 3.13. The van der Waals surface area contributed by atoms with Gasteiger partial charge in [0, 0.05) is 23.9 Å². The molecule has 0 radical (unpaired) electrons. The highest BCUT2D eigenvalue weighted by molar-refractivity contribution is 9.11. The number of nitro groups is 1. The number of non-ortho nitro benzene ring substituents is 1. The molecule has 9 heteroatoms. The molecule has 1 aromatic carbocycles. The molecule has 0 N–H and O–H groups in total. The zero-order valence-corrected chi connectivity index (χ0v) is 17.0. The molecule has 28 heavy (non-hydrogen) atoms. The molecular formula is C19H13BrN4O3S. The quantitative estimate of drug-likeness (QED) is 0.410. The summed E-state index contributed by atoms with van der Waals surface area (Å²) in [5, 5.41) is 10.9. The lowest BCUT2D eigenvalue weighted by atomic mass is 10.0. The third-order valence-electron chi connectivity index (χ3n) is 4.40. The number of anilines is 1. The van der Waals surface area contributed by atoms with Crippen molar-refractivity contribution in [3.8, 4) is 0 Å². The Hall–Kier alpha value is -2.91. The van der Waals surface area contributed by atoms with Crippen LogP contribution in [0.3, 0.4) is 0 Å². The van der Waals surface area contributed by atoms with Crippen LogP contribution in [0.5, 0.6) is 0 Å². The van der Waals surface area contributed by atoms with E-state index in [-0.39, 0.29) is 17.6 Å². The van der Waals surface area contributed by atoms with Gasteiger partial charge in [0.2, 0.25) is 0 Å². The number of aromatic nitrogens is 1. The topological polar surface area (TPSA) is 88.7 Å². The molecule has 1 amide bonds. The van der Waals surface area contributed by atoms with E-state index < -0.39 is 4.92 Å². The second-order valence-electron chi connectivity index (χ2n) is 6.10. The first-order valence-corrected chi connectivity index (χ1v) is 9.94. The van der Waals surface area contributed by atoms with Crippen molar-refractivity contribution in [1.82, 2.24) is 4.98 Å². The van der Waals surface area contributed by atoms with E-state index in [9.17, 15) is 14.9 Å². The zero-order valence-electron chi connectivity index (χ0n) is 14.6. The van der Waals surface area contributed by atoms with Crippen molar-refractivity contribution in [2.24, 2.45) is 4.99 Å². The number of aliphatic imine (C=N–C) groups is 1. The van der Waals surface area contributed by atoms with Crippen LogP contribution in [0.25, 0.3) is 0 Å². The molecule has 3 aromatic rings. The summed E-state index contributed by atoms with van der Waals surface area (Å²) in [7, 11) is 0. The minimum absolute atomic E-state index is 0.0593. The van der Waals surface area contributed by atoms with E-state index in [1.807, 2.05) is 19.1 Å². The summed E-state index contributed by atoms with van der Waals surface area (Å²) in [5.74, 6) is 0.204. The predicted octanol–water partition coefficient (Wildman–Crippen LogP) is 4.98. The van der Waals surface area contributed by atoms with Crippen LogP contribution in [0, 0.1) is 10.1 Å². The number of rotatable bonds is 3. The zero-order chi connectivity index (χ0) is 19.8. The minimum atomic E-state index is -0.490. The summed E-state index contributed by atoms with van der Waals surface area (Å²) < 4.78 is 0.970. The highest BCUT2D eigenvalue weighted by atomic mass is 79.9. The number of amides is 1. The Morgan fingerprint density at radius 1 is 1.21 bits per heavy atom. The van der Waals surface area contributed by atoms with E-state index in [1.54, 1.807) is 23.2 Å². The van der Waals surface area contributed by atoms with Crippen LogP contribution in [0.1, 0.15) is 22.2 Å². The van der Waals surface area contributed by atoms with E-state index in [4.69, 9.17) is 0 Å². The Morgan fingerprint density at radius 3 is 2.61 bits per heavy atom. The molecule has 7 nitrogen and oxygen atoms in total. The normalized spacial score (nSPS) is 15.7. The largest absolute Gasteiger partial charge is 0.296 e. The van der Waals surface area contributed by atoms with Gasteiger partial charge in [0.15, 0.2) is 5.82 Å². The summed E-state index contributed by atoms with van der Waals surface area (Å²) >= 11 is 4.99. The van der Waals surface area contributed by atoms with E-state index in [1.165, 1.54) is 35.6 Å². The molecule has 0 saturated carbocycles. The number of fused-ring (bicyclic) bond motifs is 1. The van der Waals surface area contributed by atoms with Gasteiger partial charge in [-0.25, -0.2) is 9.98 Å². The lowest BCUT2D eigenvalue weighted by Crippen LogP contribution is -2.45. The summed E-state index contributed by atoms with van der Waals surface area (Å²) in [6.45, 7) is 1.91. The molecule has 1 aliphatic heterocycles. The molecule has 3 heterocycles. The fraction of sp³-hybridized carbons (Fsp3) is 0.105. The molecule has 0 fully saturated rings. The number of hydrogen-bond donors (Lipinski definition) is 0. The van der Waals surface area contributed by atoms with E-state index >= 15 is 0 Å². The molecular weight excluding hydrogens is 444 g/mol. The summed E-state index contributed by atoms with van der Waals surface area (Å²) in [5.41, 5.74) is 1.66. The standard InChI is InChI=1S/C19H13BrN4O3S/c1-11-17(15-8-9-16(20)28-15)22-18-14(3-2-10-21-18)23(11)19(25)12-4-6-13(7-5-12)24(26)27/h2-11H,1H3/t11-/m1/s1. The average molecular weight is 457 g/mol. The second-order valence-corrected chi connectivity index (χ2v) is 8.57. The smallest absolute Gasteiger partial charge is 0.269 e. The lowest BCUT2D eigenvalue weighted by molar-refractivity contribution is -0.384. The third-order valence-corrected chi connectivity index (χ3v) is 6.05. The summed E-state index contributed by atoms with van der Waals surface area (Å²) in [6, 6.07) is 12.7. The first-order valence-electron chi connectivity index (χ1n) is 8.33. The monoisotopic (exact) mass is 456 g/mol. The van der Waals surface area contributed by atoms with Crippen molar-refractivity contribution >= 4 is 56.1 Å². The fourth-order valence-electron chi connectivity index (χ4n) is 3.06. The summed E-state index contributed by atoms with van der Waals surface area (Å²) in [6.07, 6.45) is 1.63. The molecule has 1 aliphatic rings. The summed E-state index contributed by atoms with van der Waals surface area (Å²) in [4.78, 5) is 35.3. The van der Waals surface area contributed by atoms with Crippen LogP contribution in [0.15, 0.2) is 63.5 Å². The first kappa shape index (κ1) is 18.5. The number of hydrogen-bond acceptors (Lipinski definition) is 6. The van der Waals surface area contributed by atoms with Crippen molar-refractivity contribution in [3.63, 3.8) is 0 Å². The van der Waals surface area contributed by atoms with Gasteiger partial charge in [0.1, 0.15) is 0 Å². The van der Waals surface area contributed by atoms with Crippen LogP contribution >= 0.6 is 27.3 Å². The molecule has 140 valence electrons. The van der Waals surface area contributed by atoms with Crippen LogP contribution in [0.2, 0.25) is 0 Å². The maximum atomic E-state index is 13.3. The third kappa shape index (κ3) is 3.23. The van der Waals surface area contributed by atoms with Crippen LogP contribution in [-0.2, 0) is 0 Å². The van der Waals surface area contributed by atoms with Crippen molar-refractivity contribution in [3.05, 3.63) is 79.1 Å². The Labute approximate surface area is 172 Å². The van der Waals surface area contributed by atoms with E-state index in [2.05, 4.69) is 25.9 Å². The van der Waals surface area contributed by atoms with E-state index in [0.29, 0.717) is 17.1 Å². The molecule has 0 spiro atoms. The van der Waals surface area contributed by atoms with Crippen LogP contribution in [-0.4, -0.2) is 27.6 Å². The van der Waals surface area contributed by atoms with Crippen molar-refractivity contribution < 1.29 is 9.72 Å². The Bertz CT molecular complexity index is 1110. The molecule has 0 unspecified atom stereocenters. The maximum Gasteiger partial charge on any atom is 0.269 e. The first-order chi connectivity index (χ1) is 13.5. The van der Waals surface area contributed by atoms with Gasteiger partial charge in [-0.2, -0.15) is 0 Å². The number of benzene rings is 1. The van der Waals surface area contributed by atoms with Crippen molar-refractivity contribution in [2.45, 2.75) is 13.0 Å². The molecule has 1 atom stereocenters. The highest BCUT2D eigenvalue weighted by Crippen LogP contribution is 2.37.